The molecule has 4 rings (SSSR count). The fourth-order valence-corrected chi connectivity index (χ4v) is 4.27. The van der Waals surface area contributed by atoms with Gasteiger partial charge in [0.15, 0.2) is 5.82 Å². The smallest absolute Gasteiger partial charge is 0.278 e. The van der Waals surface area contributed by atoms with Gasteiger partial charge in [-0.15, -0.1) is 11.3 Å². The van der Waals surface area contributed by atoms with Crippen molar-refractivity contribution < 1.29 is 0 Å². The minimum atomic E-state index is -0.0388. The first-order valence-corrected chi connectivity index (χ1v) is 10.1. The summed E-state index contributed by atoms with van der Waals surface area (Å²) in [4.78, 5) is 18.4. The van der Waals surface area contributed by atoms with Crippen LogP contribution in [0.15, 0.2) is 22.3 Å². The van der Waals surface area contributed by atoms with Crippen LogP contribution >= 0.6 is 11.3 Å². The fourth-order valence-electron chi connectivity index (χ4n) is 3.57. The Morgan fingerprint density at radius 2 is 2.23 bits per heavy atom. The number of thiophene rings is 1. The topological polar surface area (TPSA) is 70.5 Å². The van der Waals surface area contributed by atoms with E-state index in [1.165, 1.54) is 9.56 Å². The van der Waals surface area contributed by atoms with Crippen molar-refractivity contribution in [3.8, 4) is 0 Å². The zero-order chi connectivity index (χ0) is 18.1. The number of aromatic nitrogens is 6. The van der Waals surface area contributed by atoms with Crippen LogP contribution in [0.3, 0.4) is 0 Å². The van der Waals surface area contributed by atoms with Gasteiger partial charge in [-0.3, -0.25) is 4.57 Å². The van der Waals surface area contributed by atoms with Gasteiger partial charge in [-0.1, -0.05) is 19.4 Å². The molecular formula is C18H24N6OS. The standard InChI is InChI=1S/C18H24N6OS/c1-3-4-9-24-17(19-15(20-24)11-14-6-5-10-26-14)13-7-8-16-21-22(2)18(25)23(16)12-13/h5-6,10,13H,3-4,7-9,11-12H2,1-2H3/t13-/m1/s1. The minimum Gasteiger partial charge on any atom is -0.278 e. The van der Waals surface area contributed by atoms with Crippen LogP contribution in [0.5, 0.6) is 0 Å². The maximum atomic E-state index is 12.3. The van der Waals surface area contributed by atoms with E-state index in [1.807, 2.05) is 0 Å². The molecule has 0 saturated heterocycles. The highest BCUT2D eigenvalue weighted by atomic mass is 32.1. The van der Waals surface area contributed by atoms with Crippen LogP contribution in [-0.2, 0) is 33.0 Å². The highest BCUT2D eigenvalue weighted by Gasteiger charge is 2.28. The van der Waals surface area contributed by atoms with E-state index in [2.05, 4.69) is 34.2 Å². The van der Waals surface area contributed by atoms with E-state index in [0.717, 1.165) is 56.1 Å². The van der Waals surface area contributed by atoms with Crippen LogP contribution in [0.2, 0.25) is 0 Å². The van der Waals surface area contributed by atoms with Crippen molar-refractivity contribution in [3.05, 3.63) is 50.3 Å². The van der Waals surface area contributed by atoms with Gasteiger partial charge in [0.05, 0.1) is 0 Å². The molecule has 138 valence electrons. The maximum absolute atomic E-state index is 12.3. The summed E-state index contributed by atoms with van der Waals surface area (Å²) >= 11 is 1.74. The van der Waals surface area contributed by atoms with Gasteiger partial charge >= 0.3 is 5.69 Å². The molecule has 0 unspecified atom stereocenters. The highest BCUT2D eigenvalue weighted by Crippen LogP contribution is 2.27. The van der Waals surface area contributed by atoms with E-state index in [-0.39, 0.29) is 11.6 Å². The number of fused-ring (bicyclic) bond motifs is 1. The molecule has 1 aliphatic rings. The monoisotopic (exact) mass is 372 g/mol. The molecule has 7 nitrogen and oxygen atoms in total. The maximum Gasteiger partial charge on any atom is 0.345 e. The molecule has 0 fully saturated rings. The molecule has 26 heavy (non-hydrogen) atoms. The van der Waals surface area contributed by atoms with Crippen molar-refractivity contribution >= 4 is 11.3 Å². The summed E-state index contributed by atoms with van der Waals surface area (Å²) < 4.78 is 5.30. The van der Waals surface area contributed by atoms with Gasteiger partial charge in [-0.25, -0.2) is 19.1 Å². The average molecular weight is 372 g/mol. The van der Waals surface area contributed by atoms with Gasteiger partial charge in [0, 0.05) is 43.8 Å². The minimum absolute atomic E-state index is 0.0388. The third-order valence-electron chi connectivity index (χ3n) is 4.95. The Labute approximate surface area is 156 Å². The molecule has 3 aromatic heterocycles. The van der Waals surface area contributed by atoms with Crippen LogP contribution in [0, 0.1) is 0 Å². The van der Waals surface area contributed by atoms with Crippen molar-refractivity contribution in [2.24, 2.45) is 7.05 Å². The summed E-state index contributed by atoms with van der Waals surface area (Å²) in [5.74, 6) is 2.99. The van der Waals surface area contributed by atoms with Crippen LogP contribution in [0.4, 0.5) is 0 Å². The second-order valence-electron chi connectivity index (χ2n) is 6.89. The average Bonchev–Trinajstić information content (AvgIpc) is 3.35. The number of aryl methyl sites for hydroxylation is 3. The van der Waals surface area contributed by atoms with E-state index in [1.54, 1.807) is 23.0 Å². The second kappa shape index (κ2) is 7.19. The van der Waals surface area contributed by atoms with Gasteiger partial charge in [0.25, 0.3) is 0 Å². The van der Waals surface area contributed by atoms with Crippen molar-refractivity contribution in [1.82, 2.24) is 29.1 Å². The first-order valence-electron chi connectivity index (χ1n) is 9.24. The predicted octanol–water partition coefficient (Wildman–Crippen LogP) is 2.36. The molecule has 3 aromatic rings. The van der Waals surface area contributed by atoms with Gasteiger partial charge in [-0.05, 0) is 24.3 Å². The molecule has 1 atom stereocenters. The molecule has 0 aliphatic carbocycles. The summed E-state index contributed by atoms with van der Waals surface area (Å²) in [6.45, 7) is 3.71. The zero-order valence-electron chi connectivity index (χ0n) is 15.3. The summed E-state index contributed by atoms with van der Waals surface area (Å²) in [6, 6.07) is 4.19. The third-order valence-corrected chi connectivity index (χ3v) is 5.83. The lowest BCUT2D eigenvalue weighted by atomic mass is 9.98. The molecule has 4 heterocycles. The lowest BCUT2D eigenvalue weighted by Crippen LogP contribution is -2.30. The van der Waals surface area contributed by atoms with E-state index < -0.39 is 0 Å². The Hall–Kier alpha value is -2.22. The highest BCUT2D eigenvalue weighted by molar-refractivity contribution is 7.09. The third kappa shape index (κ3) is 3.25. The second-order valence-corrected chi connectivity index (χ2v) is 7.92. The molecule has 1 aliphatic heterocycles. The molecule has 0 saturated carbocycles. The molecule has 8 heteroatoms. The number of rotatable bonds is 6. The fraction of sp³-hybridized carbons (Fsp3) is 0.556. The Morgan fingerprint density at radius 3 is 3.00 bits per heavy atom. The number of nitrogens with zero attached hydrogens (tertiary/aromatic N) is 6. The quantitative estimate of drug-likeness (QED) is 0.666. The number of hydrogen-bond donors (Lipinski definition) is 0. The Morgan fingerprint density at radius 1 is 1.35 bits per heavy atom. The first kappa shape index (κ1) is 17.2. The van der Waals surface area contributed by atoms with E-state index >= 15 is 0 Å². The molecule has 0 radical (unpaired) electrons. The van der Waals surface area contributed by atoms with E-state index in [4.69, 9.17) is 10.1 Å². The summed E-state index contributed by atoms with van der Waals surface area (Å²) in [5, 5.41) is 11.2. The van der Waals surface area contributed by atoms with Gasteiger partial charge in [0.1, 0.15) is 11.6 Å². The lowest BCUT2D eigenvalue weighted by molar-refractivity contribution is 0.406. The summed E-state index contributed by atoms with van der Waals surface area (Å²) in [7, 11) is 1.71. The predicted molar refractivity (Wildman–Crippen MR) is 101 cm³/mol. The van der Waals surface area contributed by atoms with Gasteiger partial charge < -0.3 is 0 Å². The Balaban J connectivity index is 1.62. The normalized spacial score (nSPS) is 16.8. The number of unbranched alkanes of at least 4 members (excludes halogenated alkanes) is 1. The number of hydrogen-bond acceptors (Lipinski definition) is 5. The van der Waals surface area contributed by atoms with Crippen LogP contribution in [0.25, 0.3) is 0 Å². The van der Waals surface area contributed by atoms with Gasteiger partial charge in [0.2, 0.25) is 0 Å². The SMILES string of the molecule is CCCCn1nc(Cc2cccs2)nc1[C@@H]1CCc2nn(C)c(=O)n2C1. The zero-order valence-corrected chi connectivity index (χ0v) is 16.1. The van der Waals surface area contributed by atoms with E-state index in [9.17, 15) is 4.79 Å². The van der Waals surface area contributed by atoms with Crippen LogP contribution < -0.4 is 5.69 Å². The summed E-state index contributed by atoms with van der Waals surface area (Å²) in [5.41, 5.74) is -0.0388. The largest absolute Gasteiger partial charge is 0.345 e. The molecule has 0 amide bonds. The van der Waals surface area contributed by atoms with E-state index in [0.29, 0.717) is 6.54 Å². The Kier molecular flexibility index (Phi) is 4.76. The lowest BCUT2D eigenvalue weighted by Gasteiger charge is -2.22. The van der Waals surface area contributed by atoms with Crippen molar-refractivity contribution in [2.45, 2.75) is 58.0 Å². The van der Waals surface area contributed by atoms with Crippen molar-refractivity contribution in [3.63, 3.8) is 0 Å². The molecule has 0 bridgehead atoms. The van der Waals surface area contributed by atoms with Crippen molar-refractivity contribution in [2.75, 3.05) is 0 Å². The summed E-state index contributed by atoms with van der Waals surface area (Å²) in [6.07, 6.45) is 4.74. The Bertz CT molecular complexity index is 936. The van der Waals surface area contributed by atoms with Crippen molar-refractivity contribution in [1.29, 1.82) is 0 Å². The molecule has 0 spiro atoms. The molecular weight excluding hydrogens is 348 g/mol. The molecule has 0 N–H and O–H groups in total. The van der Waals surface area contributed by atoms with Crippen LogP contribution in [0.1, 0.15) is 54.5 Å². The first-order chi connectivity index (χ1) is 12.7. The van der Waals surface area contributed by atoms with Crippen LogP contribution in [-0.4, -0.2) is 29.1 Å². The van der Waals surface area contributed by atoms with Gasteiger partial charge in [-0.2, -0.15) is 10.2 Å². The molecule has 0 aromatic carbocycles.